The SMILES string of the molecule is C#CC1CN(C(c2ccccc2)(c2ccccc2)c2ccccc2)CCN1C(=O)OC(C)(C)C. The van der Waals surface area contributed by atoms with Crippen LogP contribution >= 0.6 is 0 Å². The molecule has 0 aromatic heterocycles. The molecule has 1 aliphatic rings. The number of piperazine rings is 1. The lowest BCUT2D eigenvalue weighted by Crippen LogP contribution is -2.61. The van der Waals surface area contributed by atoms with E-state index in [0.717, 1.165) is 16.7 Å². The molecule has 0 N–H and O–H groups in total. The van der Waals surface area contributed by atoms with Crippen LogP contribution in [0.25, 0.3) is 0 Å². The highest BCUT2D eigenvalue weighted by Gasteiger charge is 2.46. The third kappa shape index (κ3) is 4.58. The van der Waals surface area contributed by atoms with E-state index in [1.54, 1.807) is 4.90 Å². The van der Waals surface area contributed by atoms with E-state index in [9.17, 15) is 4.79 Å². The van der Waals surface area contributed by atoms with E-state index < -0.39 is 17.2 Å². The fourth-order valence-corrected chi connectivity index (χ4v) is 4.86. The van der Waals surface area contributed by atoms with E-state index >= 15 is 0 Å². The molecule has 0 spiro atoms. The molecule has 4 nitrogen and oxygen atoms in total. The van der Waals surface area contributed by atoms with Crippen molar-refractivity contribution in [3.05, 3.63) is 108 Å². The summed E-state index contributed by atoms with van der Waals surface area (Å²) in [6.45, 7) is 7.27. The Balaban J connectivity index is 1.83. The fourth-order valence-electron chi connectivity index (χ4n) is 4.86. The number of hydrogen-bond acceptors (Lipinski definition) is 3. The van der Waals surface area contributed by atoms with Crippen LogP contribution in [0.3, 0.4) is 0 Å². The summed E-state index contributed by atoms with van der Waals surface area (Å²) in [4.78, 5) is 17.0. The van der Waals surface area contributed by atoms with Gasteiger partial charge in [-0.05, 0) is 37.5 Å². The highest BCUT2D eigenvalue weighted by molar-refractivity contribution is 5.69. The van der Waals surface area contributed by atoms with Crippen LogP contribution in [-0.4, -0.2) is 47.2 Å². The second-order valence-electron chi connectivity index (χ2n) is 9.61. The van der Waals surface area contributed by atoms with Crippen molar-refractivity contribution in [1.29, 1.82) is 0 Å². The minimum absolute atomic E-state index is 0.361. The lowest BCUT2D eigenvalue weighted by Gasteiger charge is -2.50. The van der Waals surface area contributed by atoms with Crippen LogP contribution in [0.1, 0.15) is 37.5 Å². The molecule has 0 saturated carbocycles. The lowest BCUT2D eigenvalue weighted by molar-refractivity contribution is -0.00336. The van der Waals surface area contributed by atoms with Crippen molar-refractivity contribution in [3.63, 3.8) is 0 Å². The predicted molar refractivity (Wildman–Crippen MR) is 136 cm³/mol. The Hall–Kier alpha value is -3.55. The summed E-state index contributed by atoms with van der Waals surface area (Å²) in [5.41, 5.74) is 2.35. The maximum atomic E-state index is 12.9. The van der Waals surface area contributed by atoms with Crippen molar-refractivity contribution < 1.29 is 9.53 Å². The molecule has 1 amide bonds. The maximum Gasteiger partial charge on any atom is 0.411 e. The second-order valence-corrected chi connectivity index (χ2v) is 9.61. The Morgan fingerprint density at radius 2 is 1.26 bits per heavy atom. The molecule has 1 aliphatic heterocycles. The number of terminal acetylenes is 1. The first kappa shape index (κ1) is 23.6. The van der Waals surface area contributed by atoms with Gasteiger partial charge in [0, 0.05) is 19.6 Å². The van der Waals surface area contributed by atoms with Crippen LogP contribution in [-0.2, 0) is 10.3 Å². The number of nitrogens with zero attached hydrogens (tertiary/aromatic N) is 2. The van der Waals surface area contributed by atoms with Crippen LogP contribution in [0, 0.1) is 12.3 Å². The minimum atomic E-state index is -0.574. The van der Waals surface area contributed by atoms with Crippen LogP contribution in [0.5, 0.6) is 0 Å². The highest BCUT2D eigenvalue weighted by Crippen LogP contribution is 2.43. The topological polar surface area (TPSA) is 32.8 Å². The molecule has 34 heavy (non-hydrogen) atoms. The van der Waals surface area contributed by atoms with Gasteiger partial charge in [-0.1, -0.05) is 96.9 Å². The zero-order chi connectivity index (χ0) is 24.2. The zero-order valence-electron chi connectivity index (χ0n) is 20.1. The molecule has 3 aromatic carbocycles. The Labute approximate surface area is 203 Å². The van der Waals surface area contributed by atoms with Crippen molar-refractivity contribution in [2.75, 3.05) is 19.6 Å². The molecule has 4 heteroatoms. The van der Waals surface area contributed by atoms with E-state index in [4.69, 9.17) is 11.2 Å². The third-order valence-corrected chi connectivity index (χ3v) is 6.25. The number of amides is 1. The molecule has 1 atom stereocenters. The number of rotatable bonds is 4. The smallest absolute Gasteiger partial charge is 0.411 e. The number of carbonyl (C=O) groups excluding carboxylic acids is 1. The van der Waals surface area contributed by atoms with Crippen LogP contribution in [0.2, 0.25) is 0 Å². The van der Waals surface area contributed by atoms with Gasteiger partial charge in [-0.3, -0.25) is 9.80 Å². The van der Waals surface area contributed by atoms with Gasteiger partial charge in [0.15, 0.2) is 0 Å². The van der Waals surface area contributed by atoms with Gasteiger partial charge in [0.1, 0.15) is 11.6 Å². The fraction of sp³-hybridized carbons (Fsp3) is 0.300. The first-order valence-corrected chi connectivity index (χ1v) is 11.7. The molecular weight excluding hydrogens is 420 g/mol. The first-order valence-electron chi connectivity index (χ1n) is 11.7. The van der Waals surface area contributed by atoms with Gasteiger partial charge in [0.25, 0.3) is 0 Å². The molecule has 0 radical (unpaired) electrons. The summed E-state index contributed by atoms with van der Waals surface area (Å²) < 4.78 is 5.66. The van der Waals surface area contributed by atoms with Crippen molar-refractivity contribution in [2.45, 2.75) is 38.0 Å². The number of ether oxygens (including phenoxy) is 1. The Morgan fingerprint density at radius 1 is 0.824 bits per heavy atom. The molecule has 174 valence electrons. The van der Waals surface area contributed by atoms with Crippen molar-refractivity contribution >= 4 is 6.09 Å². The van der Waals surface area contributed by atoms with Gasteiger partial charge in [0.2, 0.25) is 0 Å². The van der Waals surface area contributed by atoms with Crippen LogP contribution in [0.15, 0.2) is 91.0 Å². The molecule has 4 rings (SSSR count). The Kier molecular flexibility index (Phi) is 6.77. The van der Waals surface area contributed by atoms with E-state index in [2.05, 4.69) is 83.6 Å². The third-order valence-electron chi connectivity index (χ3n) is 6.25. The van der Waals surface area contributed by atoms with Crippen molar-refractivity contribution in [1.82, 2.24) is 9.80 Å². The van der Waals surface area contributed by atoms with Gasteiger partial charge in [-0.25, -0.2) is 4.79 Å². The quantitative estimate of drug-likeness (QED) is 0.385. The summed E-state index contributed by atoms with van der Waals surface area (Å²) >= 11 is 0. The largest absolute Gasteiger partial charge is 0.444 e. The zero-order valence-corrected chi connectivity index (χ0v) is 20.1. The van der Waals surface area contributed by atoms with E-state index in [-0.39, 0.29) is 6.09 Å². The van der Waals surface area contributed by atoms with E-state index in [0.29, 0.717) is 19.6 Å². The monoisotopic (exact) mass is 452 g/mol. The lowest BCUT2D eigenvalue weighted by atomic mass is 9.75. The van der Waals surface area contributed by atoms with Gasteiger partial charge >= 0.3 is 6.09 Å². The highest BCUT2D eigenvalue weighted by atomic mass is 16.6. The van der Waals surface area contributed by atoms with Gasteiger partial charge in [0.05, 0.1) is 5.54 Å². The maximum absolute atomic E-state index is 12.9. The Morgan fingerprint density at radius 3 is 1.65 bits per heavy atom. The molecule has 1 heterocycles. The van der Waals surface area contributed by atoms with Crippen LogP contribution in [0.4, 0.5) is 4.79 Å². The number of benzene rings is 3. The van der Waals surface area contributed by atoms with Gasteiger partial charge in [-0.2, -0.15) is 0 Å². The van der Waals surface area contributed by atoms with Crippen molar-refractivity contribution in [3.8, 4) is 12.3 Å². The minimum Gasteiger partial charge on any atom is -0.444 e. The molecular formula is C30H32N2O2. The molecule has 0 bridgehead atoms. The predicted octanol–water partition coefficient (Wildman–Crippen LogP) is 5.53. The summed E-state index contributed by atoms with van der Waals surface area (Å²) in [6, 6.07) is 31.2. The second kappa shape index (κ2) is 9.75. The van der Waals surface area contributed by atoms with Crippen molar-refractivity contribution in [2.24, 2.45) is 0 Å². The van der Waals surface area contributed by atoms with E-state index in [1.165, 1.54) is 0 Å². The average molecular weight is 453 g/mol. The summed E-state index contributed by atoms with van der Waals surface area (Å²) in [5, 5.41) is 0. The standard InChI is InChI=1S/C30H32N2O2/c1-5-27-23-31(21-22-32(27)28(33)34-29(2,3)4)30(24-15-9-6-10-16-24,25-17-11-7-12-18-25)26-19-13-8-14-20-26/h1,6-20,27H,21-23H2,2-4H3. The average Bonchev–Trinajstić information content (AvgIpc) is 2.85. The van der Waals surface area contributed by atoms with E-state index in [1.807, 2.05) is 39.0 Å². The first-order chi connectivity index (χ1) is 16.4. The number of carbonyl (C=O) groups is 1. The van der Waals surface area contributed by atoms with Crippen LogP contribution < -0.4 is 0 Å². The normalized spacial score (nSPS) is 17.1. The molecule has 1 fully saturated rings. The summed E-state index contributed by atoms with van der Waals surface area (Å²) in [5.74, 6) is 2.86. The molecule has 0 aliphatic carbocycles. The molecule has 1 saturated heterocycles. The molecule has 3 aromatic rings. The molecule has 1 unspecified atom stereocenters. The van der Waals surface area contributed by atoms with Gasteiger partial charge < -0.3 is 4.74 Å². The Bertz CT molecular complexity index is 1030. The summed E-state index contributed by atoms with van der Waals surface area (Å²) in [6.07, 6.45) is 5.63. The number of hydrogen-bond donors (Lipinski definition) is 0. The van der Waals surface area contributed by atoms with Gasteiger partial charge in [-0.15, -0.1) is 6.42 Å². The summed E-state index contributed by atoms with van der Waals surface area (Å²) in [7, 11) is 0.